The van der Waals surface area contributed by atoms with E-state index < -0.39 is 5.97 Å². The van der Waals surface area contributed by atoms with Crippen molar-refractivity contribution < 1.29 is 9.90 Å². The number of carboxylic acid groups (broad SMARTS) is 1. The third-order valence-corrected chi connectivity index (χ3v) is 4.81. The number of carbonyl (C=O) groups is 1. The summed E-state index contributed by atoms with van der Waals surface area (Å²) in [5.74, 6) is 0.157. The molecule has 0 aliphatic heterocycles. The van der Waals surface area contributed by atoms with E-state index in [0.29, 0.717) is 22.5 Å². The standard InChI is InChI=1S/C15H21Cl2NO2S/c1-11(2)18(7-3-4-15(19)20)8-9-21-14-10-12(16)5-6-13(14)17/h5-6,10-11H,3-4,7-9H2,1-2H3,(H,19,20). The molecule has 0 bridgehead atoms. The predicted octanol–water partition coefficient (Wildman–Crippen LogP) is 4.66. The van der Waals surface area contributed by atoms with E-state index in [1.54, 1.807) is 23.9 Å². The van der Waals surface area contributed by atoms with E-state index in [0.717, 1.165) is 23.7 Å². The van der Waals surface area contributed by atoms with Crippen LogP contribution in [0.5, 0.6) is 0 Å². The maximum absolute atomic E-state index is 10.6. The number of hydrogen-bond acceptors (Lipinski definition) is 3. The molecule has 0 amide bonds. The Labute approximate surface area is 140 Å². The normalized spacial score (nSPS) is 11.3. The van der Waals surface area contributed by atoms with Crippen molar-refractivity contribution in [2.24, 2.45) is 0 Å². The van der Waals surface area contributed by atoms with Crippen molar-refractivity contribution in [2.45, 2.75) is 37.6 Å². The average Bonchev–Trinajstić information content (AvgIpc) is 2.40. The Hall–Kier alpha value is -0.420. The van der Waals surface area contributed by atoms with Crippen LogP contribution in [0, 0.1) is 0 Å². The van der Waals surface area contributed by atoms with Gasteiger partial charge in [0.25, 0.3) is 0 Å². The Morgan fingerprint density at radius 3 is 2.67 bits per heavy atom. The van der Waals surface area contributed by atoms with Gasteiger partial charge in [-0.25, -0.2) is 0 Å². The van der Waals surface area contributed by atoms with Crippen molar-refractivity contribution in [3.05, 3.63) is 28.2 Å². The Morgan fingerprint density at radius 2 is 2.05 bits per heavy atom. The van der Waals surface area contributed by atoms with Gasteiger partial charge in [0.1, 0.15) is 0 Å². The molecule has 1 aromatic carbocycles. The lowest BCUT2D eigenvalue weighted by molar-refractivity contribution is -0.137. The minimum atomic E-state index is -0.737. The van der Waals surface area contributed by atoms with E-state index in [9.17, 15) is 4.79 Å². The molecule has 1 N–H and O–H groups in total. The first-order valence-electron chi connectivity index (χ1n) is 6.94. The van der Waals surface area contributed by atoms with Gasteiger partial charge in [-0.2, -0.15) is 0 Å². The molecule has 0 fully saturated rings. The van der Waals surface area contributed by atoms with E-state index in [1.807, 2.05) is 6.07 Å². The molecule has 1 rings (SSSR count). The summed E-state index contributed by atoms with van der Waals surface area (Å²) < 4.78 is 0. The van der Waals surface area contributed by atoms with E-state index >= 15 is 0 Å². The minimum Gasteiger partial charge on any atom is -0.481 e. The van der Waals surface area contributed by atoms with Gasteiger partial charge in [-0.15, -0.1) is 11.8 Å². The molecule has 3 nitrogen and oxygen atoms in total. The largest absolute Gasteiger partial charge is 0.481 e. The van der Waals surface area contributed by atoms with Crippen molar-refractivity contribution in [1.29, 1.82) is 0 Å². The Bertz CT molecular complexity index is 469. The summed E-state index contributed by atoms with van der Waals surface area (Å²) >= 11 is 13.8. The Morgan fingerprint density at radius 1 is 1.33 bits per heavy atom. The molecule has 0 aliphatic carbocycles. The Kier molecular flexibility index (Phi) is 8.49. The first kappa shape index (κ1) is 18.6. The molecule has 1 aromatic rings. The molecule has 0 atom stereocenters. The van der Waals surface area contributed by atoms with Crippen LogP contribution in [-0.4, -0.2) is 40.9 Å². The smallest absolute Gasteiger partial charge is 0.303 e. The number of hydrogen-bond donors (Lipinski definition) is 1. The summed E-state index contributed by atoms with van der Waals surface area (Å²) in [5, 5.41) is 10.1. The fraction of sp³-hybridized carbons (Fsp3) is 0.533. The number of benzene rings is 1. The highest BCUT2D eigenvalue weighted by atomic mass is 35.5. The third-order valence-electron chi connectivity index (χ3n) is 3.10. The van der Waals surface area contributed by atoms with E-state index in [4.69, 9.17) is 28.3 Å². The van der Waals surface area contributed by atoms with Crippen molar-refractivity contribution >= 4 is 40.9 Å². The number of nitrogens with zero attached hydrogens (tertiary/aromatic N) is 1. The van der Waals surface area contributed by atoms with Crippen LogP contribution in [0.2, 0.25) is 10.0 Å². The zero-order chi connectivity index (χ0) is 15.8. The van der Waals surface area contributed by atoms with Gasteiger partial charge in [0.2, 0.25) is 0 Å². The third kappa shape index (κ3) is 7.41. The van der Waals surface area contributed by atoms with Crippen LogP contribution in [0.1, 0.15) is 26.7 Å². The maximum Gasteiger partial charge on any atom is 0.303 e. The second kappa shape index (κ2) is 9.57. The molecule has 0 heterocycles. The molecule has 118 valence electrons. The monoisotopic (exact) mass is 349 g/mol. The summed E-state index contributed by atoms with van der Waals surface area (Å²) in [7, 11) is 0. The predicted molar refractivity (Wildman–Crippen MR) is 90.8 cm³/mol. The van der Waals surface area contributed by atoms with Gasteiger partial charge in [0.15, 0.2) is 0 Å². The lowest BCUT2D eigenvalue weighted by Gasteiger charge is -2.26. The van der Waals surface area contributed by atoms with Crippen LogP contribution in [0.25, 0.3) is 0 Å². The van der Waals surface area contributed by atoms with Gasteiger partial charge in [0, 0.05) is 34.7 Å². The molecule has 0 saturated heterocycles. The number of carboxylic acids is 1. The molecule has 21 heavy (non-hydrogen) atoms. The molecular formula is C15H21Cl2NO2S. The molecule has 0 aromatic heterocycles. The number of rotatable bonds is 9. The van der Waals surface area contributed by atoms with Gasteiger partial charge in [-0.1, -0.05) is 23.2 Å². The summed E-state index contributed by atoms with van der Waals surface area (Å²) in [6.07, 6.45) is 0.895. The molecule has 0 aliphatic rings. The molecule has 6 heteroatoms. The summed E-state index contributed by atoms with van der Waals surface area (Å²) in [5.41, 5.74) is 0. The van der Waals surface area contributed by atoms with Gasteiger partial charge in [-0.3, -0.25) is 4.79 Å². The zero-order valence-electron chi connectivity index (χ0n) is 12.3. The molecule has 0 saturated carbocycles. The summed E-state index contributed by atoms with van der Waals surface area (Å²) in [6, 6.07) is 5.85. The van der Waals surface area contributed by atoms with Crippen LogP contribution in [0.15, 0.2) is 23.1 Å². The van der Waals surface area contributed by atoms with Gasteiger partial charge >= 0.3 is 5.97 Å². The molecule has 0 radical (unpaired) electrons. The number of halogens is 2. The van der Waals surface area contributed by atoms with Crippen LogP contribution in [-0.2, 0) is 4.79 Å². The topological polar surface area (TPSA) is 40.5 Å². The van der Waals surface area contributed by atoms with Crippen LogP contribution >= 0.6 is 35.0 Å². The maximum atomic E-state index is 10.6. The van der Waals surface area contributed by atoms with Gasteiger partial charge < -0.3 is 10.0 Å². The van der Waals surface area contributed by atoms with Crippen LogP contribution < -0.4 is 0 Å². The highest BCUT2D eigenvalue weighted by Gasteiger charge is 2.11. The van der Waals surface area contributed by atoms with Crippen molar-refractivity contribution in [2.75, 3.05) is 18.8 Å². The fourth-order valence-electron chi connectivity index (χ4n) is 1.92. The average molecular weight is 350 g/mol. The first-order chi connectivity index (χ1) is 9.90. The second-order valence-corrected chi connectivity index (χ2v) is 7.03. The first-order valence-corrected chi connectivity index (χ1v) is 8.68. The van der Waals surface area contributed by atoms with E-state index in [2.05, 4.69) is 18.7 Å². The van der Waals surface area contributed by atoms with Crippen molar-refractivity contribution in [3.63, 3.8) is 0 Å². The lowest BCUT2D eigenvalue weighted by Crippen LogP contribution is -2.34. The summed E-state index contributed by atoms with van der Waals surface area (Å²) in [4.78, 5) is 13.8. The molecule has 0 spiro atoms. The van der Waals surface area contributed by atoms with Crippen molar-refractivity contribution in [3.8, 4) is 0 Å². The highest BCUT2D eigenvalue weighted by Crippen LogP contribution is 2.29. The van der Waals surface area contributed by atoms with Crippen LogP contribution in [0.4, 0.5) is 0 Å². The lowest BCUT2D eigenvalue weighted by atomic mass is 10.2. The number of aliphatic carboxylic acids is 1. The molecule has 0 unspecified atom stereocenters. The van der Waals surface area contributed by atoms with Crippen LogP contribution in [0.3, 0.4) is 0 Å². The SMILES string of the molecule is CC(C)N(CCCC(=O)O)CCSc1cc(Cl)ccc1Cl. The van der Waals surface area contributed by atoms with Crippen molar-refractivity contribution in [1.82, 2.24) is 4.90 Å². The number of thioether (sulfide) groups is 1. The van der Waals surface area contributed by atoms with Gasteiger partial charge in [0.05, 0.1) is 5.02 Å². The molecular weight excluding hydrogens is 329 g/mol. The Balaban J connectivity index is 2.42. The zero-order valence-corrected chi connectivity index (χ0v) is 14.6. The van der Waals surface area contributed by atoms with Gasteiger partial charge in [-0.05, 0) is 45.0 Å². The second-order valence-electron chi connectivity index (χ2n) is 5.05. The minimum absolute atomic E-state index is 0.219. The fourth-order valence-corrected chi connectivity index (χ4v) is 3.40. The highest BCUT2D eigenvalue weighted by molar-refractivity contribution is 7.99. The summed E-state index contributed by atoms with van der Waals surface area (Å²) in [6.45, 7) is 5.94. The van der Waals surface area contributed by atoms with E-state index in [-0.39, 0.29) is 6.42 Å². The van der Waals surface area contributed by atoms with E-state index in [1.165, 1.54) is 0 Å². The quantitative estimate of drug-likeness (QED) is 0.658.